The summed E-state index contributed by atoms with van der Waals surface area (Å²) in [5.41, 5.74) is 5.38. The minimum Gasteiger partial charge on any atom is -0.409 e. The minimum absolute atomic E-state index is 0.130. The number of aromatic nitrogens is 2. The number of amidine groups is 1. The van der Waals surface area contributed by atoms with E-state index < -0.39 is 0 Å². The van der Waals surface area contributed by atoms with Gasteiger partial charge in [-0.2, -0.15) is 5.10 Å². The Morgan fingerprint density at radius 2 is 2.58 bits per heavy atom. The van der Waals surface area contributed by atoms with Crippen molar-refractivity contribution in [2.75, 3.05) is 0 Å². The first-order valence-electron chi connectivity index (χ1n) is 3.32. The molecule has 6 heteroatoms. The van der Waals surface area contributed by atoms with E-state index in [0.717, 1.165) is 4.47 Å². The molecule has 3 N–H and O–H groups in total. The van der Waals surface area contributed by atoms with Gasteiger partial charge in [0, 0.05) is 6.20 Å². The van der Waals surface area contributed by atoms with E-state index in [1.165, 1.54) is 0 Å². The van der Waals surface area contributed by atoms with Gasteiger partial charge >= 0.3 is 0 Å². The summed E-state index contributed by atoms with van der Waals surface area (Å²) in [7, 11) is 0. The molecule has 1 unspecified atom stereocenters. The van der Waals surface area contributed by atoms with Crippen LogP contribution in [-0.2, 0) is 0 Å². The average Bonchev–Trinajstić information content (AvgIpc) is 2.49. The highest BCUT2D eigenvalue weighted by atomic mass is 79.9. The van der Waals surface area contributed by atoms with E-state index in [0.29, 0.717) is 0 Å². The standard InChI is InChI=1S/C6H9BrN4O/c1-4(6(8)10-12)11-3-5(7)2-9-11/h2-4,12H,1H3,(H2,8,10). The van der Waals surface area contributed by atoms with Crippen LogP contribution in [0.1, 0.15) is 13.0 Å². The predicted octanol–water partition coefficient (Wildman–Crippen LogP) is 0.953. The maximum absolute atomic E-state index is 8.38. The monoisotopic (exact) mass is 232 g/mol. The third kappa shape index (κ3) is 1.76. The molecule has 0 spiro atoms. The lowest BCUT2D eigenvalue weighted by molar-refractivity contribution is 0.313. The first-order chi connectivity index (χ1) is 5.65. The summed E-state index contributed by atoms with van der Waals surface area (Å²) in [6.07, 6.45) is 3.39. The van der Waals surface area contributed by atoms with Gasteiger partial charge in [-0.3, -0.25) is 4.68 Å². The number of nitrogens with two attached hydrogens (primary N) is 1. The highest BCUT2D eigenvalue weighted by Crippen LogP contribution is 2.11. The summed E-state index contributed by atoms with van der Waals surface area (Å²) < 4.78 is 2.46. The molecule has 12 heavy (non-hydrogen) atoms. The van der Waals surface area contributed by atoms with E-state index in [2.05, 4.69) is 26.2 Å². The van der Waals surface area contributed by atoms with Gasteiger partial charge in [-0.05, 0) is 22.9 Å². The van der Waals surface area contributed by atoms with Gasteiger partial charge < -0.3 is 10.9 Å². The van der Waals surface area contributed by atoms with Crippen molar-refractivity contribution in [3.63, 3.8) is 0 Å². The fourth-order valence-electron chi connectivity index (χ4n) is 0.746. The van der Waals surface area contributed by atoms with E-state index in [-0.39, 0.29) is 11.9 Å². The molecule has 1 rings (SSSR count). The molecule has 0 radical (unpaired) electrons. The van der Waals surface area contributed by atoms with Gasteiger partial charge in [0.1, 0.15) is 6.04 Å². The number of nitrogens with zero attached hydrogens (tertiary/aromatic N) is 3. The van der Waals surface area contributed by atoms with Crippen molar-refractivity contribution in [3.05, 3.63) is 16.9 Å². The van der Waals surface area contributed by atoms with E-state index in [4.69, 9.17) is 10.9 Å². The Bertz CT molecular complexity index is 295. The van der Waals surface area contributed by atoms with Crippen molar-refractivity contribution in [2.45, 2.75) is 13.0 Å². The van der Waals surface area contributed by atoms with E-state index in [1.807, 2.05) is 0 Å². The van der Waals surface area contributed by atoms with Crippen LogP contribution in [0.25, 0.3) is 0 Å². The van der Waals surface area contributed by atoms with Crippen LogP contribution < -0.4 is 5.73 Å². The molecule has 1 atom stereocenters. The lowest BCUT2D eigenvalue weighted by Crippen LogP contribution is -2.24. The van der Waals surface area contributed by atoms with Gasteiger partial charge in [-0.25, -0.2) is 0 Å². The van der Waals surface area contributed by atoms with Gasteiger partial charge in [0.2, 0.25) is 0 Å². The van der Waals surface area contributed by atoms with Crippen LogP contribution in [0.3, 0.4) is 0 Å². The maximum atomic E-state index is 8.38. The summed E-state index contributed by atoms with van der Waals surface area (Å²) in [4.78, 5) is 0. The fraction of sp³-hybridized carbons (Fsp3) is 0.333. The van der Waals surface area contributed by atoms with Gasteiger partial charge in [0.05, 0.1) is 10.7 Å². The summed E-state index contributed by atoms with van der Waals surface area (Å²) in [6, 6.07) is -0.235. The average molecular weight is 233 g/mol. The Balaban J connectivity index is 2.85. The molecule has 0 aliphatic heterocycles. The second-order valence-electron chi connectivity index (χ2n) is 2.34. The summed E-state index contributed by atoms with van der Waals surface area (Å²) in [6.45, 7) is 1.79. The molecule has 0 saturated heterocycles. The molecule has 1 aromatic rings. The summed E-state index contributed by atoms with van der Waals surface area (Å²) in [5, 5.41) is 15.3. The molecular formula is C6H9BrN4O. The van der Waals surface area contributed by atoms with Crippen molar-refractivity contribution in [3.8, 4) is 0 Å². The van der Waals surface area contributed by atoms with Crippen molar-refractivity contribution in [2.24, 2.45) is 10.9 Å². The van der Waals surface area contributed by atoms with Crippen molar-refractivity contribution >= 4 is 21.8 Å². The number of hydrogen-bond acceptors (Lipinski definition) is 3. The Hall–Kier alpha value is -1.04. The van der Waals surface area contributed by atoms with Crippen molar-refractivity contribution in [1.29, 1.82) is 0 Å². The minimum atomic E-state index is -0.235. The molecule has 0 amide bonds. The molecular weight excluding hydrogens is 224 g/mol. The zero-order chi connectivity index (χ0) is 9.14. The second kappa shape index (κ2) is 3.57. The fourth-order valence-corrected chi connectivity index (χ4v) is 1.05. The number of halogens is 1. The number of rotatable bonds is 2. The first kappa shape index (κ1) is 9.05. The number of hydrogen-bond donors (Lipinski definition) is 2. The molecule has 0 aliphatic carbocycles. The van der Waals surface area contributed by atoms with Crippen LogP contribution in [0.4, 0.5) is 0 Å². The highest BCUT2D eigenvalue weighted by Gasteiger charge is 2.09. The molecule has 66 valence electrons. The van der Waals surface area contributed by atoms with Gasteiger partial charge in [0.25, 0.3) is 0 Å². The largest absolute Gasteiger partial charge is 0.409 e. The Morgan fingerprint density at radius 3 is 3.00 bits per heavy atom. The number of oxime groups is 1. The molecule has 0 fully saturated rings. The van der Waals surface area contributed by atoms with Crippen LogP contribution in [0.15, 0.2) is 22.0 Å². The van der Waals surface area contributed by atoms with Crippen molar-refractivity contribution in [1.82, 2.24) is 9.78 Å². The topological polar surface area (TPSA) is 76.4 Å². The van der Waals surface area contributed by atoms with Crippen LogP contribution >= 0.6 is 15.9 Å². The molecule has 0 aromatic carbocycles. The van der Waals surface area contributed by atoms with Gasteiger partial charge in [0.15, 0.2) is 5.84 Å². The second-order valence-corrected chi connectivity index (χ2v) is 3.26. The van der Waals surface area contributed by atoms with Gasteiger partial charge in [-0.1, -0.05) is 5.16 Å². The highest BCUT2D eigenvalue weighted by molar-refractivity contribution is 9.10. The zero-order valence-electron chi connectivity index (χ0n) is 6.48. The Morgan fingerprint density at radius 1 is 1.92 bits per heavy atom. The van der Waals surface area contributed by atoms with Crippen LogP contribution in [-0.4, -0.2) is 20.8 Å². The van der Waals surface area contributed by atoms with E-state index >= 15 is 0 Å². The maximum Gasteiger partial charge on any atom is 0.163 e. The quantitative estimate of drug-likeness (QED) is 0.345. The molecule has 0 saturated carbocycles. The normalized spacial score (nSPS) is 14.7. The summed E-state index contributed by atoms with van der Waals surface area (Å²) in [5.74, 6) is 0.130. The predicted molar refractivity (Wildman–Crippen MR) is 48.0 cm³/mol. The third-order valence-electron chi connectivity index (χ3n) is 1.51. The Labute approximate surface area is 78.0 Å². The van der Waals surface area contributed by atoms with Crippen LogP contribution in [0.2, 0.25) is 0 Å². The third-order valence-corrected chi connectivity index (χ3v) is 1.92. The smallest absolute Gasteiger partial charge is 0.163 e. The lowest BCUT2D eigenvalue weighted by atomic mass is 10.3. The van der Waals surface area contributed by atoms with E-state index in [1.54, 1.807) is 24.0 Å². The molecule has 0 aliphatic rings. The molecule has 0 bridgehead atoms. The molecule has 5 nitrogen and oxygen atoms in total. The zero-order valence-corrected chi connectivity index (χ0v) is 8.06. The first-order valence-corrected chi connectivity index (χ1v) is 4.11. The lowest BCUT2D eigenvalue weighted by Gasteiger charge is -2.08. The Kier molecular flexibility index (Phi) is 2.69. The van der Waals surface area contributed by atoms with Crippen LogP contribution in [0, 0.1) is 0 Å². The molecule has 1 aromatic heterocycles. The van der Waals surface area contributed by atoms with Crippen LogP contribution in [0.5, 0.6) is 0 Å². The summed E-state index contributed by atoms with van der Waals surface area (Å²) >= 11 is 3.24. The molecule has 1 heterocycles. The van der Waals surface area contributed by atoms with E-state index in [9.17, 15) is 0 Å². The van der Waals surface area contributed by atoms with Crippen molar-refractivity contribution < 1.29 is 5.21 Å². The van der Waals surface area contributed by atoms with Gasteiger partial charge in [-0.15, -0.1) is 0 Å². The SMILES string of the molecule is CC(C(N)=NO)n1cc(Br)cn1.